The van der Waals surface area contributed by atoms with Crippen LogP contribution in [0.4, 0.5) is 0 Å². The molecule has 0 bridgehead atoms. The highest BCUT2D eigenvalue weighted by Crippen LogP contribution is 2.51. The van der Waals surface area contributed by atoms with Gasteiger partial charge in [0.2, 0.25) is 0 Å². The van der Waals surface area contributed by atoms with E-state index in [4.69, 9.17) is 9.84 Å². The second-order valence-electron chi connectivity index (χ2n) is 3.37. The van der Waals surface area contributed by atoms with E-state index in [9.17, 15) is 0 Å². The van der Waals surface area contributed by atoms with Crippen LogP contribution in [0.3, 0.4) is 0 Å². The van der Waals surface area contributed by atoms with Crippen molar-refractivity contribution in [2.75, 3.05) is 13.2 Å². The van der Waals surface area contributed by atoms with Crippen LogP contribution in [0.25, 0.3) is 0 Å². The molecule has 2 heteroatoms. The molecule has 1 aliphatic carbocycles. The predicted molar refractivity (Wildman–Crippen MR) is 33.1 cm³/mol. The van der Waals surface area contributed by atoms with Crippen molar-refractivity contribution >= 4 is 0 Å². The topological polar surface area (TPSA) is 29.5 Å². The predicted octanol–water partition coefficient (Wildman–Crippen LogP) is 0.548. The van der Waals surface area contributed by atoms with Gasteiger partial charge in [-0.15, -0.1) is 0 Å². The molecule has 0 aromatic heterocycles. The Morgan fingerprint density at radius 3 is 2.67 bits per heavy atom. The summed E-state index contributed by atoms with van der Waals surface area (Å²) in [6.07, 6.45) is 3.34. The number of hydrogen-bond donors (Lipinski definition) is 1. The molecule has 2 aliphatic rings. The summed E-state index contributed by atoms with van der Waals surface area (Å²) in [4.78, 5) is 0. The lowest BCUT2D eigenvalue weighted by Crippen LogP contribution is -2.30. The Morgan fingerprint density at radius 1 is 1.44 bits per heavy atom. The third kappa shape index (κ3) is 0.970. The third-order valence-corrected chi connectivity index (χ3v) is 2.34. The van der Waals surface area contributed by atoms with E-state index in [1.165, 1.54) is 12.8 Å². The van der Waals surface area contributed by atoms with Crippen LogP contribution in [0.15, 0.2) is 0 Å². The largest absolute Gasteiger partial charge is 0.391 e. The van der Waals surface area contributed by atoms with Gasteiger partial charge in [-0.3, -0.25) is 0 Å². The highest BCUT2D eigenvalue weighted by Gasteiger charge is 2.46. The van der Waals surface area contributed by atoms with Crippen molar-refractivity contribution in [2.24, 2.45) is 5.41 Å². The molecule has 1 heterocycles. The Kier molecular flexibility index (Phi) is 1.08. The van der Waals surface area contributed by atoms with E-state index in [0.717, 1.165) is 13.0 Å². The molecule has 0 unspecified atom stereocenters. The number of aliphatic hydroxyl groups is 1. The quantitative estimate of drug-likeness (QED) is 0.516. The van der Waals surface area contributed by atoms with Gasteiger partial charge < -0.3 is 9.84 Å². The summed E-state index contributed by atoms with van der Waals surface area (Å²) in [5.41, 5.74) is 0.428. The standard InChI is InChI=1S/C7H12O2/c8-6-3-7(1-2-7)5-9-4-6/h6,8H,1-5H2/t6-/m0/s1. The average Bonchev–Trinajstić information content (AvgIpc) is 2.49. The molecule has 1 atom stereocenters. The van der Waals surface area contributed by atoms with E-state index in [2.05, 4.69) is 0 Å². The molecule has 0 aromatic rings. The number of ether oxygens (including phenoxy) is 1. The lowest BCUT2D eigenvalue weighted by molar-refractivity contribution is -0.0447. The highest BCUT2D eigenvalue weighted by molar-refractivity contribution is 4.96. The summed E-state index contributed by atoms with van der Waals surface area (Å²) in [5, 5.41) is 9.16. The molecule has 2 rings (SSSR count). The summed E-state index contributed by atoms with van der Waals surface area (Å²) in [7, 11) is 0. The molecule has 2 nitrogen and oxygen atoms in total. The third-order valence-electron chi connectivity index (χ3n) is 2.34. The van der Waals surface area contributed by atoms with Gasteiger partial charge in [0.1, 0.15) is 0 Å². The zero-order valence-electron chi connectivity index (χ0n) is 5.47. The first-order valence-electron chi connectivity index (χ1n) is 3.57. The van der Waals surface area contributed by atoms with E-state index >= 15 is 0 Å². The van der Waals surface area contributed by atoms with Gasteiger partial charge in [0.25, 0.3) is 0 Å². The maximum atomic E-state index is 9.16. The molecule has 0 aromatic carbocycles. The van der Waals surface area contributed by atoms with Crippen LogP contribution in [0, 0.1) is 5.41 Å². The van der Waals surface area contributed by atoms with Crippen molar-refractivity contribution in [3.05, 3.63) is 0 Å². The Labute approximate surface area is 54.8 Å². The Morgan fingerprint density at radius 2 is 2.22 bits per heavy atom. The van der Waals surface area contributed by atoms with Crippen molar-refractivity contribution in [2.45, 2.75) is 25.4 Å². The molecule has 0 radical (unpaired) electrons. The molecule has 1 N–H and O–H groups in total. The van der Waals surface area contributed by atoms with Gasteiger partial charge in [0.15, 0.2) is 0 Å². The zero-order chi connectivity index (χ0) is 6.32. The summed E-state index contributed by atoms with van der Waals surface area (Å²) in [5.74, 6) is 0. The van der Waals surface area contributed by atoms with Gasteiger partial charge in [-0.25, -0.2) is 0 Å². The molecule has 0 amide bonds. The van der Waals surface area contributed by atoms with E-state index in [1.807, 2.05) is 0 Å². The van der Waals surface area contributed by atoms with E-state index < -0.39 is 0 Å². The van der Waals surface area contributed by atoms with Gasteiger partial charge in [-0.1, -0.05) is 0 Å². The SMILES string of the molecule is O[C@@H]1COCC2(CC2)C1. The molecule has 1 aliphatic heterocycles. The van der Waals surface area contributed by atoms with Crippen LogP contribution in [0.2, 0.25) is 0 Å². The van der Waals surface area contributed by atoms with Crippen molar-refractivity contribution in [1.82, 2.24) is 0 Å². The number of hydrogen-bond acceptors (Lipinski definition) is 2. The van der Waals surface area contributed by atoms with Crippen molar-refractivity contribution in [3.8, 4) is 0 Å². The minimum Gasteiger partial charge on any atom is -0.391 e. The Balaban J connectivity index is 1.96. The first-order valence-corrected chi connectivity index (χ1v) is 3.57. The van der Waals surface area contributed by atoms with E-state index in [0.29, 0.717) is 12.0 Å². The lowest BCUT2D eigenvalue weighted by atomic mass is 9.98. The Hall–Kier alpha value is -0.0800. The highest BCUT2D eigenvalue weighted by atomic mass is 16.5. The second kappa shape index (κ2) is 1.70. The van der Waals surface area contributed by atoms with Crippen LogP contribution < -0.4 is 0 Å². The minimum absolute atomic E-state index is 0.179. The monoisotopic (exact) mass is 128 g/mol. The summed E-state index contributed by atoms with van der Waals surface area (Å²) >= 11 is 0. The lowest BCUT2D eigenvalue weighted by Gasteiger charge is -2.25. The fourth-order valence-corrected chi connectivity index (χ4v) is 1.55. The van der Waals surface area contributed by atoms with Crippen LogP contribution in [0.1, 0.15) is 19.3 Å². The van der Waals surface area contributed by atoms with Crippen molar-refractivity contribution < 1.29 is 9.84 Å². The molecule has 1 spiro atoms. The van der Waals surface area contributed by atoms with Gasteiger partial charge in [0, 0.05) is 0 Å². The fraction of sp³-hybridized carbons (Fsp3) is 1.00. The minimum atomic E-state index is -0.179. The van der Waals surface area contributed by atoms with Crippen LogP contribution in [-0.2, 0) is 4.74 Å². The first-order chi connectivity index (χ1) is 4.31. The maximum Gasteiger partial charge on any atom is 0.0779 e. The zero-order valence-corrected chi connectivity index (χ0v) is 5.47. The first kappa shape index (κ1) is 5.69. The normalized spacial score (nSPS) is 39.0. The van der Waals surface area contributed by atoms with Crippen molar-refractivity contribution in [3.63, 3.8) is 0 Å². The molecule has 9 heavy (non-hydrogen) atoms. The van der Waals surface area contributed by atoms with E-state index in [-0.39, 0.29) is 6.10 Å². The number of rotatable bonds is 0. The molecule has 2 fully saturated rings. The molecule has 1 saturated heterocycles. The van der Waals surface area contributed by atoms with Gasteiger partial charge in [-0.2, -0.15) is 0 Å². The maximum absolute atomic E-state index is 9.16. The smallest absolute Gasteiger partial charge is 0.0779 e. The average molecular weight is 128 g/mol. The second-order valence-corrected chi connectivity index (χ2v) is 3.37. The summed E-state index contributed by atoms with van der Waals surface area (Å²) in [6, 6.07) is 0. The fourth-order valence-electron chi connectivity index (χ4n) is 1.55. The van der Waals surface area contributed by atoms with Gasteiger partial charge in [0.05, 0.1) is 19.3 Å². The van der Waals surface area contributed by atoms with Gasteiger partial charge >= 0.3 is 0 Å². The molecule has 1 saturated carbocycles. The summed E-state index contributed by atoms with van der Waals surface area (Å²) < 4.78 is 5.21. The molecular weight excluding hydrogens is 116 g/mol. The molecular formula is C7H12O2. The van der Waals surface area contributed by atoms with Crippen LogP contribution >= 0.6 is 0 Å². The summed E-state index contributed by atoms with van der Waals surface area (Å²) in [6.45, 7) is 1.45. The Bertz CT molecular complexity index is 118. The van der Waals surface area contributed by atoms with Crippen molar-refractivity contribution in [1.29, 1.82) is 0 Å². The van der Waals surface area contributed by atoms with Crippen LogP contribution in [0.5, 0.6) is 0 Å². The van der Waals surface area contributed by atoms with Crippen LogP contribution in [-0.4, -0.2) is 24.4 Å². The van der Waals surface area contributed by atoms with E-state index in [1.54, 1.807) is 0 Å². The van der Waals surface area contributed by atoms with Gasteiger partial charge in [-0.05, 0) is 24.7 Å². The number of aliphatic hydroxyl groups excluding tert-OH is 1. The molecule has 52 valence electrons.